The first-order valence-electron chi connectivity index (χ1n) is 6.51. The highest BCUT2D eigenvalue weighted by Crippen LogP contribution is 2.22. The third-order valence-electron chi connectivity index (χ3n) is 3.25. The number of anilines is 1. The van der Waals surface area contributed by atoms with Crippen molar-refractivity contribution in [2.24, 2.45) is 0 Å². The number of methoxy groups -OCH3 is 1. The summed E-state index contributed by atoms with van der Waals surface area (Å²) in [6, 6.07) is 7.08. The lowest BCUT2D eigenvalue weighted by molar-refractivity contribution is 0.0596. The number of carbonyl (C=O) groups excluding carboxylic acids is 1. The van der Waals surface area contributed by atoms with E-state index in [0.717, 1.165) is 18.8 Å². The van der Waals surface area contributed by atoms with E-state index in [1.807, 2.05) is 18.2 Å². The van der Waals surface area contributed by atoms with Crippen LogP contribution in [0.4, 0.5) is 5.69 Å². The molecule has 0 aliphatic heterocycles. The Balaban J connectivity index is 2.55. The monoisotopic (exact) mass is 275 g/mol. The van der Waals surface area contributed by atoms with Gasteiger partial charge in [0.2, 0.25) is 0 Å². The summed E-state index contributed by atoms with van der Waals surface area (Å²) >= 11 is 0. The topological polar surface area (TPSA) is 59.8 Å². The summed E-state index contributed by atoms with van der Waals surface area (Å²) in [4.78, 5) is 25.4. The van der Waals surface area contributed by atoms with Crippen molar-refractivity contribution in [3.63, 3.8) is 0 Å². The van der Waals surface area contributed by atoms with Gasteiger partial charge in [-0.1, -0.05) is 0 Å². The van der Waals surface area contributed by atoms with Gasteiger partial charge in [0, 0.05) is 30.2 Å². The van der Waals surface area contributed by atoms with Gasteiger partial charge < -0.3 is 14.1 Å². The van der Waals surface area contributed by atoms with Gasteiger partial charge >= 0.3 is 11.6 Å². The highest BCUT2D eigenvalue weighted by molar-refractivity contribution is 5.93. The molecular weight excluding hydrogens is 258 g/mol. The van der Waals surface area contributed by atoms with Crippen LogP contribution in [0.25, 0.3) is 11.0 Å². The molecule has 0 atom stereocenters. The molecule has 0 saturated heterocycles. The Kier molecular flexibility index (Phi) is 4.08. The molecule has 1 aromatic heterocycles. The molecule has 0 radical (unpaired) electrons. The van der Waals surface area contributed by atoms with E-state index in [2.05, 4.69) is 23.5 Å². The van der Waals surface area contributed by atoms with E-state index in [-0.39, 0.29) is 5.56 Å². The number of hydrogen-bond acceptors (Lipinski definition) is 5. The Bertz CT molecular complexity index is 686. The number of esters is 1. The molecular formula is C15H17NO4. The summed E-state index contributed by atoms with van der Waals surface area (Å²) in [7, 11) is 1.23. The standard InChI is InChI=1S/C15H17NO4/c1-4-16(5-2)11-7-6-10-8-12(14(17)19-3)15(18)20-13(10)9-11/h6-9H,4-5H2,1-3H3. The fourth-order valence-corrected chi connectivity index (χ4v) is 2.14. The quantitative estimate of drug-likeness (QED) is 0.633. The van der Waals surface area contributed by atoms with Crippen LogP contribution in [0.2, 0.25) is 0 Å². The first-order valence-corrected chi connectivity index (χ1v) is 6.51. The SMILES string of the molecule is CCN(CC)c1ccc2cc(C(=O)OC)c(=O)oc2c1. The van der Waals surface area contributed by atoms with Crippen molar-refractivity contribution in [2.45, 2.75) is 13.8 Å². The zero-order valence-electron chi connectivity index (χ0n) is 11.8. The van der Waals surface area contributed by atoms with E-state index >= 15 is 0 Å². The Hall–Kier alpha value is -2.30. The lowest BCUT2D eigenvalue weighted by Crippen LogP contribution is -2.21. The highest BCUT2D eigenvalue weighted by Gasteiger charge is 2.14. The van der Waals surface area contributed by atoms with E-state index in [4.69, 9.17) is 4.42 Å². The summed E-state index contributed by atoms with van der Waals surface area (Å²) in [6.45, 7) is 5.85. The Morgan fingerprint density at radius 2 is 1.95 bits per heavy atom. The van der Waals surface area contributed by atoms with E-state index in [1.165, 1.54) is 13.2 Å². The van der Waals surface area contributed by atoms with Crippen molar-refractivity contribution in [1.29, 1.82) is 0 Å². The van der Waals surface area contributed by atoms with Gasteiger partial charge in [0.25, 0.3) is 0 Å². The van der Waals surface area contributed by atoms with Gasteiger partial charge in [0.15, 0.2) is 0 Å². The van der Waals surface area contributed by atoms with E-state index in [1.54, 1.807) is 0 Å². The van der Waals surface area contributed by atoms with Crippen LogP contribution in [0.15, 0.2) is 33.5 Å². The molecule has 2 aromatic rings. The fraction of sp³-hybridized carbons (Fsp3) is 0.333. The maximum atomic E-state index is 11.8. The molecule has 5 heteroatoms. The van der Waals surface area contributed by atoms with Crippen molar-refractivity contribution >= 4 is 22.6 Å². The molecule has 0 spiro atoms. The zero-order chi connectivity index (χ0) is 14.7. The highest BCUT2D eigenvalue weighted by atomic mass is 16.5. The summed E-state index contributed by atoms with van der Waals surface area (Å²) in [5.41, 5.74) is 0.681. The van der Waals surface area contributed by atoms with Gasteiger partial charge in [-0.3, -0.25) is 0 Å². The second-order valence-electron chi connectivity index (χ2n) is 4.33. The van der Waals surface area contributed by atoms with Crippen LogP contribution in [0, 0.1) is 0 Å². The number of rotatable bonds is 4. The second-order valence-corrected chi connectivity index (χ2v) is 4.33. The van der Waals surface area contributed by atoms with E-state index in [0.29, 0.717) is 11.0 Å². The molecule has 1 heterocycles. The number of carbonyl (C=O) groups is 1. The van der Waals surface area contributed by atoms with Gasteiger partial charge in [-0.05, 0) is 32.0 Å². The summed E-state index contributed by atoms with van der Waals surface area (Å²) in [6.07, 6.45) is 0. The molecule has 0 aliphatic carbocycles. The molecule has 106 valence electrons. The molecule has 0 amide bonds. The van der Waals surface area contributed by atoms with Gasteiger partial charge in [0.1, 0.15) is 11.1 Å². The minimum absolute atomic E-state index is 0.0874. The largest absolute Gasteiger partial charge is 0.465 e. The van der Waals surface area contributed by atoms with Crippen LogP contribution in [0.3, 0.4) is 0 Å². The lowest BCUT2D eigenvalue weighted by Gasteiger charge is -2.20. The number of benzene rings is 1. The maximum Gasteiger partial charge on any atom is 0.351 e. The van der Waals surface area contributed by atoms with Crippen LogP contribution in [0.1, 0.15) is 24.2 Å². The zero-order valence-corrected chi connectivity index (χ0v) is 11.8. The van der Waals surface area contributed by atoms with Crippen molar-refractivity contribution in [2.75, 3.05) is 25.1 Å². The summed E-state index contributed by atoms with van der Waals surface area (Å²) in [5.74, 6) is -0.687. The molecule has 0 aliphatic rings. The van der Waals surface area contributed by atoms with Crippen LogP contribution in [0.5, 0.6) is 0 Å². The van der Waals surface area contributed by atoms with Crippen molar-refractivity contribution in [3.05, 3.63) is 40.2 Å². The number of hydrogen-bond donors (Lipinski definition) is 0. The molecule has 0 unspecified atom stereocenters. The van der Waals surface area contributed by atoms with Crippen LogP contribution in [-0.2, 0) is 4.74 Å². The van der Waals surface area contributed by atoms with Crippen LogP contribution in [-0.4, -0.2) is 26.2 Å². The predicted octanol–water partition coefficient (Wildman–Crippen LogP) is 2.43. The second kappa shape index (κ2) is 5.77. The number of nitrogens with zero attached hydrogens (tertiary/aromatic N) is 1. The van der Waals surface area contributed by atoms with Crippen molar-refractivity contribution in [1.82, 2.24) is 0 Å². The van der Waals surface area contributed by atoms with E-state index in [9.17, 15) is 9.59 Å². The lowest BCUT2D eigenvalue weighted by atomic mass is 10.1. The minimum Gasteiger partial charge on any atom is -0.465 e. The first kappa shape index (κ1) is 14.1. The summed E-state index contributed by atoms with van der Waals surface area (Å²) < 4.78 is 9.77. The first-order chi connectivity index (χ1) is 9.60. The Morgan fingerprint density at radius 3 is 2.55 bits per heavy atom. The van der Waals surface area contributed by atoms with Crippen LogP contribution >= 0.6 is 0 Å². The molecule has 0 N–H and O–H groups in total. The Labute approximate surface area is 116 Å². The van der Waals surface area contributed by atoms with Gasteiger partial charge in [-0.25, -0.2) is 9.59 Å². The summed E-state index contributed by atoms with van der Waals surface area (Å²) in [5, 5.41) is 0.695. The van der Waals surface area contributed by atoms with E-state index < -0.39 is 11.6 Å². The normalized spacial score (nSPS) is 10.6. The molecule has 20 heavy (non-hydrogen) atoms. The van der Waals surface area contributed by atoms with Gasteiger partial charge in [-0.2, -0.15) is 0 Å². The van der Waals surface area contributed by atoms with Gasteiger partial charge in [0.05, 0.1) is 7.11 Å². The smallest absolute Gasteiger partial charge is 0.351 e. The average molecular weight is 275 g/mol. The molecule has 0 fully saturated rings. The average Bonchev–Trinajstić information content (AvgIpc) is 2.47. The molecule has 1 aromatic carbocycles. The predicted molar refractivity (Wildman–Crippen MR) is 77.4 cm³/mol. The third kappa shape index (κ3) is 2.52. The maximum absolute atomic E-state index is 11.8. The van der Waals surface area contributed by atoms with Crippen LogP contribution < -0.4 is 10.5 Å². The van der Waals surface area contributed by atoms with Crippen molar-refractivity contribution in [3.8, 4) is 0 Å². The molecule has 2 rings (SSSR count). The number of ether oxygens (including phenoxy) is 1. The molecule has 0 saturated carbocycles. The Morgan fingerprint density at radius 1 is 1.25 bits per heavy atom. The molecule has 5 nitrogen and oxygen atoms in total. The molecule has 0 bridgehead atoms. The van der Waals surface area contributed by atoms with Gasteiger partial charge in [-0.15, -0.1) is 0 Å². The van der Waals surface area contributed by atoms with Crippen molar-refractivity contribution < 1.29 is 13.9 Å². The minimum atomic E-state index is -0.687. The fourth-order valence-electron chi connectivity index (χ4n) is 2.14. The third-order valence-corrected chi connectivity index (χ3v) is 3.25. The number of fused-ring (bicyclic) bond motifs is 1.